The topological polar surface area (TPSA) is 81.0 Å². The summed E-state index contributed by atoms with van der Waals surface area (Å²) < 4.78 is 27.4. The molecule has 1 saturated heterocycles. The number of thiophene rings is 1. The van der Waals surface area contributed by atoms with Crippen LogP contribution in [0, 0.1) is 0 Å². The van der Waals surface area contributed by atoms with Crippen LogP contribution in [0.4, 0.5) is 0 Å². The lowest BCUT2D eigenvalue weighted by Gasteiger charge is -2.29. The lowest BCUT2D eigenvalue weighted by Crippen LogP contribution is -2.32. The lowest BCUT2D eigenvalue weighted by atomic mass is 10.1. The largest absolute Gasteiger partial charge is 0.306 e. The van der Waals surface area contributed by atoms with E-state index in [2.05, 4.69) is 42.9 Å². The molecule has 0 saturated carbocycles. The maximum absolute atomic E-state index is 11.8. The summed E-state index contributed by atoms with van der Waals surface area (Å²) in [5.74, 6) is 0.919. The second-order valence-corrected chi connectivity index (χ2v) is 11.0. The summed E-state index contributed by atoms with van der Waals surface area (Å²) in [4.78, 5) is 12.3. The van der Waals surface area contributed by atoms with Gasteiger partial charge in [-0.3, -0.25) is 4.98 Å². The lowest BCUT2D eigenvalue weighted by molar-refractivity contribution is 0.213. The number of aromatic nitrogens is 4. The molecule has 0 N–H and O–H groups in total. The zero-order valence-electron chi connectivity index (χ0n) is 15.1. The Kier molecular flexibility index (Phi) is 5.08. The van der Waals surface area contributed by atoms with Crippen LogP contribution in [0.3, 0.4) is 0 Å². The number of pyridine rings is 1. The summed E-state index contributed by atoms with van der Waals surface area (Å²) in [6.07, 6.45) is 4.90. The first-order valence-electron chi connectivity index (χ1n) is 8.67. The van der Waals surface area contributed by atoms with E-state index in [1.54, 1.807) is 17.5 Å². The molecule has 4 rings (SSSR count). The molecule has 0 aliphatic carbocycles. The van der Waals surface area contributed by atoms with Crippen molar-refractivity contribution in [3.63, 3.8) is 0 Å². The molecule has 0 bridgehead atoms. The van der Waals surface area contributed by atoms with Crippen LogP contribution >= 0.6 is 27.3 Å². The predicted octanol–water partition coefficient (Wildman–Crippen LogP) is 3.13. The molecule has 0 aromatic carbocycles. The van der Waals surface area contributed by atoms with Crippen LogP contribution in [0.1, 0.15) is 24.7 Å². The summed E-state index contributed by atoms with van der Waals surface area (Å²) in [7, 11) is -1.09. The normalized spacial score (nSPS) is 17.0. The first-order chi connectivity index (χ1) is 12.8. The minimum Gasteiger partial charge on any atom is -0.306 e. The Labute approximate surface area is 170 Å². The Morgan fingerprint density at radius 3 is 2.74 bits per heavy atom. The third-order valence-corrected chi connectivity index (χ3v) is 7.65. The summed E-state index contributed by atoms with van der Waals surface area (Å²) in [6, 6.07) is 4.14. The first kappa shape index (κ1) is 19.0. The van der Waals surface area contributed by atoms with E-state index in [0.717, 1.165) is 51.3 Å². The van der Waals surface area contributed by atoms with Gasteiger partial charge in [-0.05, 0) is 61.0 Å². The second-order valence-electron chi connectivity index (χ2n) is 7.00. The molecule has 0 radical (unpaired) electrons. The Balaban J connectivity index is 1.83. The minimum atomic E-state index is -3.20. The summed E-state index contributed by atoms with van der Waals surface area (Å²) in [5.41, 5.74) is 0.889. The molecule has 7 nitrogen and oxygen atoms in total. The van der Waals surface area contributed by atoms with Gasteiger partial charge in [0.15, 0.2) is 21.5 Å². The fraction of sp³-hybridized carbons (Fsp3) is 0.471. The van der Waals surface area contributed by atoms with Crippen LogP contribution in [-0.4, -0.2) is 59.5 Å². The highest BCUT2D eigenvalue weighted by atomic mass is 79.9. The smallest absolute Gasteiger partial charge is 0.170 e. The summed E-state index contributed by atoms with van der Waals surface area (Å²) in [5, 5.41) is 4.61. The Hall–Kier alpha value is -1.36. The van der Waals surface area contributed by atoms with Crippen molar-refractivity contribution >= 4 is 47.3 Å². The van der Waals surface area contributed by atoms with Gasteiger partial charge >= 0.3 is 0 Å². The zero-order valence-corrected chi connectivity index (χ0v) is 18.3. The number of piperidine rings is 1. The van der Waals surface area contributed by atoms with Crippen LogP contribution in [-0.2, 0) is 15.6 Å². The highest BCUT2D eigenvalue weighted by Gasteiger charge is 2.27. The number of fused-ring (bicyclic) bond motifs is 1. The van der Waals surface area contributed by atoms with Gasteiger partial charge in [-0.2, -0.15) is 5.10 Å². The molecule has 3 aromatic heterocycles. The first-order valence-corrected chi connectivity index (χ1v) is 12.3. The van der Waals surface area contributed by atoms with Gasteiger partial charge in [-0.1, -0.05) is 0 Å². The van der Waals surface area contributed by atoms with Crippen molar-refractivity contribution in [3.8, 4) is 10.7 Å². The highest BCUT2D eigenvalue weighted by Crippen LogP contribution is 2.41. The molecule has 0 amide bonds. The molecule has 0 unspecified atom stereocenters. The van der Waals surface area contributed by atoms with Gasteiger partial charge in [0.05, 0.1) is 25.6 Å². The van der Waals surface area contributed by atoms with Crippen molar-refractivity contribution in [2.24, 2.45) is 0 Å². The number of hydrogen-bond donors (Lipinski definition) is 0. The predicted molar refractivity (Wildman–Crippen MR) is 111 cm³/mol. The number of likely N-dealkylation sites (tertiary alicyclic amines) is 1. The third kappa shape index (κ3) is 3.94. The molecule has 4 heterocycles. The molecular weight excluding hydrogens is 450 g/mol. The molecule has 0 atom stereocenters. The maximum Gasteiger partial charge on any atom is 0.170 e. The number of halogens is 1. The molecule has 0 spiro atoms. The van der Waals surface area contributed by atoms with Crippen LogP contribution in [0.2, 0.25) is 0 Å². The van der Waals surface area contributed by atoms with Gasteiger partial charge in [0.2, 0.25) is 0 Å². The monoisotopic (exact) mass is 469 g/mol. The van der Waals surface area contributed by atoms with Gasteiger partial charge < -0.3 is 4.90 Å². The molecule has 1 fully saturated rings. The van der Waals surface area contributed by atoms with Crippen molar-refractivity contribution in [2.75, 3.05) is 26.4 Å². The Bertz CT molecular complexity index is 1080. The van der Waals surface area contributed by atoms with E-state index in [4.69, 9.17) is 0 Å². The van der Waals surface area contributed by atoms with Crippen LogP contribution in [0.25, 0.3) is 20.9 Å². The third-order valence-electron chi connectivity index (χ3n) is 4.69. The van der Waals surface area contributed by atoms with E-state index < -0.39 is 9.84 Å². The van der Waals surface area contributed by atoms with E-state index in [1.807, 2.05) is 16.8 Å². The van der Waals surface area contributed by atoms with E-state index in [9.17, 15) is 8.42 Å². The number of nitrogens with zero attached hydrogens (tertiary/aromatic N) is 5. The molecule has 10 heteroatoms. The fourth-order valence-electron chi connectivity index (χ4n) is 3.36. The van der Waals surface area contributed by atoms with Gasteiger partial charge in [-0.15, -0.1) is 11.3 Å². The van der Waals surface area contributed by atoms with E-state index in [0.29, 0.717) is 5.82 Å². The van der Waals surface area contributed by atoms with Gasteiger partial charge in [0, 0.05) is 12.5 Å². The highest BCUT2D eigenvalue weighted by molar-refractivity contribution is 9.10. The van der Waals surface area contributed by atoms with Crippen molar-refractivity contribution in [1.82, 2.24) is 24.6 Å². The van der Waals surface area contributed by atoms with Gasteiger partial charge in [0.1, 0.15) is 5.75 Å². The fourth-order valence-corrected chi connectivity index (χ4v) is 5.85. The Morgan fingerprint density at radius 1 is 1.33 bits per heavy atom. The summed E-state index contributed by atoms with van der Waals surface area (Å²) in [6.45, 7) is 1.97. The molecule has 3 aromatic rings. The van der Waals surface area contributed by atoms with E-state index in [-0.39, 0.29) is 11.8 Å². The van der Waals surface area contributed by atoms with Crippen LogP contribution in [0.15, 0.2) is 22.8 Å². The molecule has 1 aliphatic rings. The van der Waals surface area contributed by atoms with Crippen molar-refractivity contribution < 1.29 is 8.42 Å². The van der Waals surface area contributed by atoms with Gasteiger partial charge in [0.25, 0.3) is 0 Å². The molecular formula is C17H20BrN5O2S2. The second kappa shape index (κ2) is 7.23. The number of rotatable bonds is 4. The van der Waals surface area contributed by atoms with Crippen LogP contribution < -0.4 is 0 Å². The SMILES string of the molecule is CN1CCC(n2nc(CS(C)(=O)=O)nc2-c2sc3cccnc3c2Br)CC1. The van der Waals surface area contributed by atoms with Gasteiger partial charge in [-0.25, -0.2) is 18.1 Å². The molecule has 1 aliphatic heterocycles. The average molecular weight is 470 g/mol. The van der Waals surface area contributed by atoms with Crippen molar-refractivity contribution in [3.05, 3.63) is 28.6 Å². The van der Waals surface area contributed by atoms with E-state index in [1.165, 1.54) is 6.26 Å². The quantitative estimate of drug-likeness (QED) is 0.583. The maximum atomic E-state index is 11.8. The Morgan fingerprint density at radius 2 is 2.07 bits per heavy atom. The average Bonchev–Trinajstić information content (AvgIpc) is 3.16. The minimum absolute atomic E-state index is 0.152. The number of sulfone groups is 1. The molecule has 144 valence electrons. The standard InChI is InChI=1S/C17H20BrN5O2S2/c1-22-8-5-11(6-9-22)23-17(20-13(21-23)10-27(2,24)25)16-14(18)15-12(26-16)4-3-7-19-15/h3-4,7,11H,5-6,8-10H2,1-2H3. The van der Waals surface area contributed by atoms with E-state index >= 15 is 0 Å². The molecule has 27 heavy (non-hydrogen) atoms. The summed E-state index contributed by atoms with van der Waals surface area (Å²) >= 11 is 5.26. The van der Waals surface area contributed by atoms with Crippen LogP contribution in [0.5, 0.6) is 0 Å². The number of hydrogen-bond acceptors (Lipinski definition) is 7. The zero-order chi connectivity index (χ0) is 19.2. The van der Waals surface area contributed by atoms with Crippen molar-refractivity contribution in [1.29, 1.82) is 0 Å². The van der Waals surface area contributed by atoms with Crippen molar-refractivity contribution in [2.45, 2.75) is 24.6 Å².